The van der Waals surface area contributed by atoms with Crippen molar-refractivity contribution >= 4 is 6.98 Å². The Morgan fingerprint density at radius 2 is 1.93 bits per heavy atom. The van der Waals surface area contributed by atoms with Crippen LogP contribution in [-0.2, 0) is 12.9 Å². The fourth-order valence-electron chi connectivity index (χ4n) is 0.934. The van der Waals surface area contributed by atoms with Crippen LogP contribution in [0.2, 0.25) is 0 Å². The SMILES string of the molecule is NCc1ccc(C[B-](F)(F)F)nc1.[K+]. The van der Waals surface area contributed by atoms with Gasteiger partial charge in [-0.15, -0.1) is 0 Å². The van der Waals surface area contributed by atoms with Crippen LogP contribution >= 0.6 is 0 Å². The first kappa shape index (κ1) is 14.6. The van der Waals surface area contributed by atoms with E-state index in [4.69, 9.17) is 5.73 Å². The molecule has 14 heavy (non-hydrogen) atoms. The minimum atomic E-state index is -4.79. The van der Waals surface area contributed by atoms with Crippen molar-refractivity contribution in [2.75, 3.05) is 0 Å². The normalized spacial score (nSPS) is 10.9. The second-order valence-corrected chi connectivity index (χ2v) is 2.78. The molecule has 72 valence electrons. The predicted molar refractivity (Wildman–Crippen MR) is 44.9 cm³/mol. The molecule has 1 heterocycles. The summed E-state index contributed by atoms with van der Waals surface area (Å²) in [6.07, 6.45) is 0.446. The van der Waals surface area contributed by atoms with E-state index in [1.807, 2.05) is 0 Å². The van der Waals surface area contributed by atoms with Crippen molar-refractivity contribution in [2.45, 2.75) is 12.9 Å². The van der Waals surface area contributed by atoms with Crippen LogP contribution in [0.4, 0.5) is 12.9 Å². The van der Waals surface area contributed by atoms with E-state index in [0.717, 1.165) is 5.56 Å². The quantitative estimate of drug-likeness (QED) is 0.638. The van der Waals surface area contributed by atoms with E-state index >= 15 is 0 Å². The van der Waals surface area contributed by atoms with Gasteiger partial charge in [0, 0.05) is 18.4 Å². The van der Waals surface area contributed by atoms with Gasteiger partial charge in [-0.05, 0) is 17.9 Å². The maximum Gasteiger partial charge on any atom is 1.00 e. The topological polar surface area (TPSA) is 38.9 Å². The van der Waals surface area contributed by atoms with Crippen LogP contribution in [0.5, 0.6) is 0 Å². The summed E-state index contributed by atoms with van der Waals surface area (Å²) < 4.78 is 35.8. The van der Waals surface area contributed by atoms with Crippen LogP contribution in [0.25, 0.3) is 0 Å². The average Bonchev–Trinajstić information content (AvgIpc) is 2.03. The number of hydrogen-bond donors (Lipinski definition) is 1. The molecular formula is C7H9BF3KN2. The summed E-state index contributed by atoms with van der Waals surface area (Å²) in [6, 6.07) is 2.92. The molecule has 0 fully saturated rings. The standard InChI is InChI=1S/C7H9BF3N2.K/c9-8(10,11)3-7-2-1-6(4-12)5-13-7;/h1-2,5H,3-4,12H2;/q-1;+1. The van der Waals surface area contributed by atoms with Crippen LogP contribution in [0, 0.1) is 0 Å². The molecule has 0 saturated carbocycles. The number of aromatic nitrogens is 1. The molecule has 0 spiro atoms. The van der Waals surface area contributed by atoms with Gasteiger partial charge >= 0.3 is 58.4 Å². The molecule has 0 saturated heterocycles. The van der Waals surface area contributed by atoms with Gasteiger partial charge in [-0.25, -0.2) is 0 Å². The van der Waals surface area contributed by atoms with Crippen molar-refractivity contribution in [1.29, 1.82) is 0 Å². The first-order chi connectivity index (χ1) is 6.01. The Morgan fingerprint density at radius 3 is 2.29 bits per heavy atom. The average molecular weight is 228 g/mol. The molecule has 0 radical (unpaired) electrons. The van der Waals surface area contributed by atoms with Gasteiger partial charge in [0.15, 0.2) is 0 Å². The second kappa shape index (κ2) is 6.24. The van der Waals surface area contributed by atoms with E-state index in [1.54, 1.807) is 6.07 Å². The van der Waals surface area contributed by atoms with E-state index in [0.29, 0.717) is 6.54 Å². The molecule has 1 rings (SSSR count). The van der Waals surface area contributed by atoms with E-state index in [9.17, 15) is 12.9 Å². The van der Waals surface area contributed by atoms with Crippen LogP contribution in [0.3, 0.4) is 0 Å². The molecule has 0 bridgehead atoms. The Kier molecular flexibility index (Phi) is 6.51. The fraction of sp³-hybridized carbons (Fsp3) is 0.286. The second-order valence-electron chi connectivity index (χ2n) is 2.78. The Balaban J connectivity index is 0.00000169. The van der Waals surface area contributed by atoms with Crippen molar-refractivity contribution in [3.05, 3.63) is 29.6 Å². The molecule has 0 aliphatic rings. The van der Waals surface area contributed by atoms with Crippen molar-refractivity contribution < 1.29 is 64.3 Å². The minimum absolute atomic E-state index is 0. The zero-order valence-corrected chi connectivity index (χ0v) is 11.0. The summed E-state index contributed by atoms with van der Waals surface area (Å²) in [5.74, 6) is 0. The summed E-state index contributed by atoms with van der Waals surface area (Å²) >= 11 is 0. The molecule has 1 aromatic rings. The van der Waals surface area contributed by atoms with Crippen molar-refractivity contribution in [1.82, 2.24) is 4.98 Å². The Bertz CT molecular complexity index is 275. The third-order valence-electron chi connectivity index (χ3n) is 1.56. The fourth-order valence-corrected chi connectivity index (χ4v) is 0.934. The zero-order valence-electron chi connectivity index (χ0n) is 7.88. The van der Waals surface area contributed by atoms with Crippen molar-refractivity contribution in [2.24, 2.45) is 5.73 Å². The third-order valence-corrected chi connectivity index (χ3v) is 1.56. The first-order valence-electron chi connectivity index (χ1n) is 3.86. The van der Waals surface area contributed by atoms with Crippen LogP contribution in [0.15, 0.2) is 18.3 Å². The molecule has 0 amide bonds. The van der Waals surface area contributed by atoms with Crippen LogP contribution < -0.4 is 57.1 Å². The number of pyridine rings is 1. The van der Waals surface area contributed by atoms with Gasteiger partial charge in [-0.3, -0.25) is 4.98 Å². The Morgan fingerprint density at radius 1 is 1.29 bits per heavy atom. The summed E-state index contributed by atoms with van der Waals surface area (Å²) in [5.41, 5.74) is 6.05. The van der Waals surface area contributed by atoms with Gasteiger partial charge in [0.2, 0.25) is 0 Å². The van der Waals surface area contributed by atoms with Gasteiger partial charge in [-0.2, -0.15) is 0 Å². The summed E-state index contributed by atoms with van der Waals surface area (Å²) in [6.45, 7) is -4.50. The molecule has 7 heteroatoms. The van der Waals surface area contributed by atoms with E-state index in [-0.39, 0.29) is 57.1 Å². The van der Waals surface area contributed by atoms with E-state index < -0.39 is 13.3 Å². The molecule has 0 unspecified atom stereocenters. The van der Waals surface area contributed by atoms with E-state index in [2.05, 4.69) is 4.98 Å². The van der Waals surface area contributed by atoms with Crippen LogP contribution in [-0.4, -0.2) is 12.0 Å². The minimum Gasteiger partial charge on any atom is -0.449 e. The summed E-state index contributed by atoms with van der Waals surface area (Å²) in [5, 5.41) is 0. The number of rotatable bonds is 3. The monoisotopic (exact) mass is 228 g/mol. The van der Waals surface area contributed by atoms with Crippen molar-refractivity contribution in [3.63, 3.8) is 0 Å². The number of halogens is 3. The Hall–Kier alpha value is 0.601. The molecule has 2 nitrogen and oxygen atoms in total. The van der Waals surface area contributed by atoms with Gasteiger partial charge in [-0.1, -0.05) is 6.07 Å². The number of hydrogen-bond acceptors (Lipinski definition) is 2. The molecule has 1 aromatic heterocycles. The molecule has 0 aliphatic heterocycles. The predicted octanol–water partition coefficient (Wildman–Crippen LogP) is -1.53. The number of nitrogens with two attached hydrogens (primary N) is 1. The molecule has 0 atom stereocenters. The maximum atomic E-state index is 11.9. The van der Waals surface area contributed by atoms with Gasteiger partial charge in [0.1, 0.15) is 0 Å². The summed E-state index contributed by atoms with van der Waals surface area (Å²) in [4.78, 5) is 3.65. The van der Waals surface area contributed by atoms with Gasteiger partial charge in [0.05, 0.1) is 0 Å². The van der Waals surface area contributed by atoms with E-state index in [1.165, 1.54) is 12.3 Å². The number of nitrogens with zero attached hydrogens (tertiary/aromatic N) is 1. The smallest absolute Gasteiger partial charge is 0.449 e. The van der Waals surface area contributed by atoms with Crippen LogP contribution in [0.1, 0.15) is 11.3 Å². The van der Waals surface area contributed by atoms with Gasteiger partial charge < -0.3 is 18.7 Å². The largest absolute Gasteiger partial charge is 1.00 e. The van der Waals surface area contributed by atoms with Crippen molar-refractivity contribution in [3.8, 4) is 0 Å². The zero-order chi connectivity index (χ0) is 9.90. The third kappa shape index (κ3) is 5.47. The first-order valence-corrected chi connectivity index (χ1v) is 3.86. The molecule has 0 aromatic carbocycles. The maximum absolute atomic E-state index is 11.9. The molecule has 2 N–H and O–H groups in total. The summed E-state index contributed by atoms with van der Waals surface area (Å²) in [7, 11) is 0. The Labute approximate surface area is 123 Å². The molecular weight excluding hydrogens is 219 g/mol. The molecule has 0 aliphatic carbocycles. The van der Waals surface area contributed by atoms with Gasteiger partial charge in [0.25, 0.3) is 0 Å².